The first-order valence-electron chi connectivity index (χ1n) is 4.28. The fourth-order valence-electron chi connectivity index (χ4n) is 1.49. The van der Waals surface area contributed by atoms with Crippen LogP contribution in [0.4, 0.5) is 0 Å². The Morgan fingerprint density at radius 3 is 2.86 bits per heavy atom. The quantitative estimate of drug-likeness (QED) is 0.683. The van der Waals surface area contributed by atoms with Crippen molar-refractivity contribution in [3.05, 3.63) is 29.5 Å². The van der Waals surface area contributed by atoms with Crippen LogP contribution in [0.5, 0.6) is 5.75 Å². The number of methoxy groups -OCH3 is 1. The van der Waals surface area contributed by atoms with Crippen LogP contribution in [0.2, 0.25) is 0 Å². The number of aldehydes is 1. The summed E-state index contributed by atoms with van der Waals surface area (Å²) in [4.78, 5) is 10.7. The molecule has 1 heterocycles. The average molecular weight is 190 g/mol. The van der Waals surface area contributed by atoms with E-state index in [0.717, 1.165) is 10.9 Å². The number of furan rings is 1. The van der Waals surface area contributed by atoms with Gasteiger partial charge in [-0.3, -0.25) is 4.79 Å². The summed E-state index contributed by atoms with van der Waals surface area (Å²) in [7, 11) is 1.52. The molecule has 1 aromatic carbocycles. The Kier molecular flexibility index (Phi) is 2.00. The summed E-state index contributed by atoms with van der Waals surface area (Å²) >= 11 is 0. The number of carbonyl (C=O) groups is 1. The van der Waals surface area contributed by atoms with Crippen LogP contribution in [0.3, 0.4) is 0 Å². The zero-order valence-electron chi connectivity index (χ0n) is 8.03. The number of fused-ring (bicyclic) bond motifs is 1. The lowest BCUT2D eigenvalue weighted by Gasteiger charge is -1.95. The minimum atomic E-state index is 0.244. The van der Waals surface area contributed by atoms with Gasteiger partial charge in [-0.15, -0.1) is 0 Å². The van der Waals surface area contributed by atoms with E-state index in [1.807, 2.05) is 25.1 Å². The van der Waals surface area contributed by atoms with Crippen molar-refractivity contribution in [3.63, 3.8) is 0 Å². The summed E-state index contributed by atoms with van der Waals surface area (Å²) in [5.41, 5.74) is 1.77. The van der Waals surface area contributed by atoms with Gasteiger partial charge in [0.2, 0.25) is 5.76 Å². The first-order chi connectivity index (χ1) is 6.76. The molecule has 0 radical (unpaired) electrons. The number of ether oxygens (including phenoxy) is 1. The van der Waals surface area contributed by atoms with Gasteiger partial charge in [-0.1, -0.05) is 6.07 Å². The molecule has 2 rings (SSSR count). The minimum Gasteiger partial charge on any atom is -0.492 e. The Labute approximate surface area is 81.3 Å². The molecule has 3 nitrogen and oxygen atoms in total. The number of rotatable bonds is 2. The number of hydrogen-bond donors (Lipinski definition) is 0. The van der Waals surface area contributed by atoms with Gasteiger partial charge in [0.05, 0.1) is 12.5 Å². The van der Waals surface area contributed by atoms with Crippen LogP contribution in [-0.4, -0.2) is 13.4 Å². The van der Waals surface area contributed by atoms with Crippen LogP contribution in [0.25, 0.3) is 11.0 Å². The van der Waals surface area contributed by atoms with Crippen molar-refractivity contribution < 1.29 is 13.9 Å². The highest BCUT2D eigenvalue weighted by molar-refractivity contribution is 5.93. The summed E-state index contributed by atoms with van der Waals surface area (Å²) < 4.78 is 10.4. The molecule has 0 bridgehead atoms. The number of carbonyl (C=O) groups excluding carboxylic acids is 1. The van der Waals surface area contributed by atoms with E-state index in [1.54, 1.807) is 0 Å². The smallest absolute Gasteiger partial charge is 0.209 e. The fourth-order valence-corrected chi connectivity index (χ4v) is 1.49. The van der Waals surface area contributed by atoms with Crippen LogP contribution < -0.4 is 4.74 Å². The van der Waals surface area contributed by atoms with Crippen LogP contribution in [-0.2, 0) is 0 Å². The zero-order valence-corrected chi connectivity index (χ0v) is 8.03. The van der Waals surface area contributed by atoms with E-state index in [1.165, 1.54) is 7.11 Å². The van der Waals surface area contributed by atoms with Crippen molar-refractivity contribution in [1.82, 2.24) is 0 Å². The van der Waals surface area contributed by atoms with Crippen LogP contribution in [0.1, 0.15) is 16.1 Å². The molecule has 0 aliphatic rings. The summed E-state index contributed by atoms with van der Waals surface area (Å²) in [6, 6.07) is 5.72. The van der Waals surface area contributed by atoms with Gasteiger partial charge in [0.15, 0.2) is 12.0 Å². The summed E-state index contributed by atoms with van der Waals surface area (Å²) in [5.74, 6) is 0.753. The van der Waals surface area contributed by atoms with E-state index in [2.05, 4.69) is 0 Å². The predicted molar refractivity (Wildman–Crippen MR) is 52.9 cm³/mol. The standard InChI is InChI=1S/C11H10O3/c1-7-3-4-8-9(5-7)14-10(6-12)11(8)13-2/h3-6H,1-2H3. The van der Waals surface area contributed by atoms with Crippen molar-refractivity contribution >= 4 is 17.3 Å². The first-order valence-corrected chi connectivity index (χ1v) is 4.28. The van der Waals surface area contributed by atoms with Crippen molar-refractivity contribution in [2.24, 2.45) is 0 Å². The zero-order chi connectivity index (χ0) is 10.1. The molecule has 0 amide bonds. The van der Waals surface area contributed by atoms with Gasteiger partial charge in [-0.05, 0) is 24.6 Å². The Balaban J connectivity index is 2.79. The highest BCUT2D eigenvalue weighted by Crippen LogP contribution is 2.32. The van der Waals surface area contributed by atoms with E-state index >= 15 is 0 Å². The Morgan fingerprint density at radius 2 is 2.21 bits per heavy atom. The maximum absolute atomic E-state index is 10.7. The normalized spacial score (nSPS) is 10.4. The van der Waals surface area contributed by atoms with Crippen molar-refractivity contribution in [2.45, 2.75) is 6.92 Å². The SMILES string of the molecule is COc1c(C=O)oc2cc(C)ccc12. The van der Waals surface area contributed by atoms with Gasteiger partial charge < -0.3 is 9.15 Å². The highest BCUT2D eigenvalue weighted by Gasteiger charge is 2.13. The number of benzene rings is 1. The summed E-state index contributed by atoms with van der Waals surface area (Å²) in [6.45, 7) is 1.97. The summed E-state index contributed by atoms with van der Waals surface area (Å²) in [6.07, 6.45) is 0.661. The van der Waals surface area contributed by atoms with Crippen LogP contribution >= 0.6 is 0 Å². The molecule has 0 unspecified atom stereocenters. The second kappa shape index (κ2) is 3.18. The third-order valence-electron chi connectivity index (χ3n) is 2.14. The third-order valence-corrected chi connectivity index (χ3v) is 2.14. The van der Waals surface area contributed by atoms with Crippen molar-refractivity contribution in [3.8, 4) is 5.75 Å². The fraction of sp³-hybridized carbons (Fsp3) is 0.182. The van der Waals surface area contributed by atoms with Gasteiger partial charge >= 0.3 is 0 Å². The minimum absolute atomic E-state index is 0.244. The lowest BCUT2D eigenvalue weighted by molar-refractivity contribution is 0.109. The van der Waals surface area contributed by atoms with Gasteiger partial charge in [-0.2, -0.15) is 0 Å². The van der Waals surface area contributed by atoms with Gasteiger partial charge in [0.1, 0.15) is 5.58 Å². The lowest BCUT2D eigenvalue weighted by Crippen LogP contribution is -1.84. The monoisotopic (exact) mass is 190 g/mol. The molecule has 14 heavy (non-hydrogen) atoms. The molecule has 0 N–H and O–H groups in total. The van der Waals surface area contributed by atoms with Gasteiger partial charge in [0, 0.05) is 0 Å². The third kappa shape index (κ3) is 1.18. The Morgan fingerprint density at radius 1 is 1.43 bits per heavy atom. The predicted octanol–water partition coefficient (Wildman–Crippen LogP) is 2.56. The van der Waals surface area contributed by atoms with Gasteiger partial charge in [0.25, 0.3) is 0 Å². The van der Waals surface area contributed by atoms with E-state index in [-0.39, 0.29) is 5.76 Å². The van der Waals surface area contributed by atoms with E-state index in [4.69, 9.17) is 9.15 Å². The molecule has 0 aliphatic carbocycles. The number of hydrogen-bond acceptors (Lipinski definition) is 3. The van der Waals surface area contributed by atoms with Gasteiger partial charge in [-0.25, -0.2) is 0 Å². The first kappa shape index (κ1) is 8.81. The molecule has 0 atom stereocenters. The van der Waals surface area contributed by atoms with E-state index in [9.17, 15) is 4.79 Å². The molecule has 0 saturated heterocycles. The molecule has 3 heteroatoms. The molecule has 0 spiro atoms. The molecule has 1 aromatic heterocycles. The van der Waals surface area contributed by atoms with E-state index in [0.29, 0.717) is 17.6 Å². The Bertz CT molecular complexity index is 482. The molecule has 0 saturated carbocycles. The maximum atomic E-state index is 10.7. The molecule has 72 valence electrons. The van der Waals surface area contributed by atoms with Crippen molar-refractivity contribution in [1.29, 1.82) is 0 Å². The molecule has 0 aliphatic heterocycles. The molecule has 2 aromatic rings. The second-order valence-electron chi connectivity index (χ2n) is 3.12. The maximum Gasteiger partial charge on any atom is 0.209 e. The van der Waals surface area contributed by atoms with Crippen LogP contribution in [0, 0.1) is 6.92 Å². The molecular weight excluding hydrogens is 180 g/mol. The number of aryl methyl sites for hydroxylation is 1. The lowest BCUT2D eigenvalue weighted by atomic mass is 10.2. The molecule has 0 fully saturated rings. The Hall–Kier alpha value is -1.77. The van der Waals surface area contributed by atoms with Crippen molar-refractivity contribution in [2.75, 3.05) is 7.11 Å². The highest BCUT2D eigenvalue weighted by atomic mass is 16.5. The second-order valence-corrected chi connectivity index (χ2v) is 3.12. The average Bonchev–Trinajstić information content (AvgIpc) is 2.54. The topological polar surface area (TPSA) is 39.4 Å². The molecular formula is C11H10O3. The van der Waals surface area contributed by atoms with E-state index < -0.39 is 0 Å². The van der Waals surface area contributed by atoms with Crippen LogP contribution in [0.15, 0.2) is 22.6 Å². The summed E-state index contributed by atoms with van der Waals surface area (Å²) in [5, 5.41) is 0.834. The largest absolute Gasteiger partial charge is 0.492 e.